The SMILES string of the molecule is CC1(C)OB(c2c(Cl)ccc3cc[nH]c23)OC1(C)C. The quantitative estimate of drug-likeness (QED) is 0.813. The number of H-pyrrole nitrogens is 1. The monoisotopic (exact) mass is 277 g/mol. The minimum Gasteiger partial charge on any atom is -0.399 e. The van der Waals surface area contributed by atoms with Crippen LogP contribution >= 0.6 is 11.6 Å². The molecule has 100 valence electrons. The molecule has 0 amide bonds. The van der Waals surface area contributed by atoms with E-state index < -0.39 is 7.12 Å². The van der Waals surface area contributed by atoms with Gasteiger partial charge in [0.05, 0.1) is 11.2 Å². The molecule has 0 radical (unpaired) electrons. The molecule has 1 fully saturated rings. The maximum atomic E-state index is 6.35. The number of aromatic nitrogens is 1. The number of aromatic amines is 1. The van der Waals surface area contributed by atoms with Crippen molar-refractivity contribution in [3.63, 3.8) is 0 Å². The van der Waals surface area contributed by atoms with Gasteiger partial charge in [0.2, 0.25) is 0 Å². The van der Waals surface area contributed by atoms with Crippen molar-refractivity contribution in [2.24, 2.45) is 0 Å². The van der Waals surface area contributed by atoms with Gasteiger partial charge in [0.25, 0.3) is 0 Å². The highest BCUT2D eigenvalue weighted by molar-refractivity contribution is 6.68. The van der Waals surface area contributed by atoms with Gasteiger partial charge in [-0.05, 0) is 45.2 Å². The van der Waals surface area contributed by atoms with Gasteiger partial charge >= 0.3 is 7.12 Å². The van der Waals surface area contributed by atoms with E-state index in [4.69, 9.17) is 20.9 Å². The van der Waals surface area contributed by atoms with Crippen LogP contribution in [0.1, 0.15) is 27.7 Å². The second-order valence-corrected chi connectivity index (χ2v) is 6.40. The van der Waals surface area contributed by atoms with E-state index in [1.165, 1.54) is 0 Å². The number of fused-ring (bicyclic) bond motifs is 1. The summed E-state index contributed by atoms with van der Waals surface area (Å²) in [6, 6.07) is 5.89. The zero-order valence-electron chi connectivity index (χ0n) is 11.6. The van der Waals surface area contributed by atoms with Crippen molar-refractivity contribution in [1.82, 2.24) is 4.98 Å². The van der Waals surface area contributed by atoms with E-state index in [2.05, 4.69) is 4.98 Å². The van der Waals surface area contributed by atoms with Crippen molar-refractivity contribution < 1.29 is 9.31 Å². The molecule has 1 N–H and O–H groups in total. The van der Waals surface area contributed by atoms with E-state index in [1.807, 2.05) is 52.1 Å². The Morgan fingerprint density at radius 1 is 1.05 bits per heavy atom. The molecule has 1 saturated heterocycles. The average Bonchev–Trinajstić information content (AvgIpc) is 2.81. The van der Waals surface area contributed by atoms with Gasteiger partial charge in [-0.25, -0.2) is 0 Å². The van der Waals surface area contributed by atoms with Gasteiger partial charge < -0.3 is 14.3 Å². The molecule has 0 saturated carbocycles. The fourth-order valence-corrected chi connectivity index (χ4v) is 2.56. The summed E-state index contributed by atoms with van der Waals surface area (Å²) < 4.78 is 12.2. The fraction of sp³-hybridized carbons (Fsp3) is 0.429. The lowest BCUT2D eigenvalue weighted by Crippen LogP contribution is -2.41. The van der Waals surface area contributed by atoms with E-state index in [9.17, 15) is 0 Å². The molecule has 3 nitrogen and oxygen atoms in total. The zero-order chi connectivity index (χ0) is 13.8. The number of halogens is 1. The molecule has 1 aliphatic rings. The first-order chi connectivity index (χ1) is 8.82. The van der Waals surface area contributed by atoms with Gasteiger partial charge in [-0.15, -0.1) is 0 Å². The number of nitrogens with one attached hydrogen (secondary N) is 1. The van der Waals surface area contributed by atoms with Crippen molar-refractivity contribution >= 4 is 35.1 Å². The topological polar surface area (TPSA) is 34.2 Å². The lowest BCUT2D eigenvalue weighted by molar-refractivity contribution is 0.00578. The van der Waals surface area contributed by atoms with Crippen LogP contribution in [-0.4, -0.2) is 23.3 Å². The van der Waals surface area contributed by atoms with E-state index in [0.717, 1.165) is 16.4 Å². The highest BCUT2D eigenvalue weighted by Gasteiger charge is 2.52. The van der Waals surface area contributed by atoms with Gasteiger partial charge in [-0.2, -0.15) is 0 Å². The predicted molar refractivity (Wildman–Crippen MR) is 79.0 cm³/mol. The van der Waals surface area contributed by atoms with Crippen LogP contribution in [0, 0.1) is 0 Å². The first-order valence-electron chi connectivity index (χ1n) is 6.43. The Bertz CT molecular complexity index is 619. The Labute approximate surface area is 118 Å². The molecule has 0 spiro atoms. The van der Waals surface area contributed by atoms with Crippen LogP contribution < -0.4 is 5.46 Å². The molecule has 0 atom stereocenters. The Morgan fingerprint density at radius 2 is 1.68 bits per heavy atom. The van der Waals surface area contributed by atoms with Crippen molar-refractivity contribution in [3.8, 4) is 0 Å². The van der Waals surface area contributed by atoms with E-state index >= 15 is 0 Å². The smallest absolute Gasteiger partial charge is 0.399 e. The molecular weight excluding hydrogens is 260 g/mol. The zero-order valence-corrected chi connectivity index (χ0v) is 12.3. The number of hydrogen-bond donors (Lipinski definition) is 1. The molecule has 1 aromatic heterocycles. The third kappa shape index (κ3) is 1.90. The van der Waals surface area contributed by atoms with E-state index in [-0.39, 0.29) is 11.2 Å². The summed E-state index contributed by atoms with van der Waals surface area (Å²) >= 11 is 6.35. The molecule has 0 aliphatic carbocycles. The van der Waals surface area contributed by atoms with Crippen LogP contribution in [0.5, 0.6) is 0 Å². The van der Waals surface area contributed by atoms with Gasteiger partial charge in [-0.3, -0.25) is 0 Å². The summed E-state index contributed by atoms with van der Waals surface area (Å²) in [5.74, 6) is 0. The summed E-state index contributed by atoms with van der Waals surface area (Å²) in [6.45, 7) is 8.15. The molecule has 0 unspecified atom stereocenters. The summed E-state index contributed by atoms with van der Waals surface area (Å²) in [5.41, 5.74) is 1.12. The van der Waals surface area contributed by atoms with Gasteiger partial charge in [-0.1, -0.05) is 17.7 Å². The molecule has 19 heavy (non-hydrogen) atoms. The summed E-state index contributed by atoms with van der Waals surface area (Å²) in [6.07, 6.45) is 1.90. The van der Waals surface area contributed by atoms with Gasteiger partial charge in [0.15, 0.2) is 0 Å². The summed E-state index contributed by atoms with van der Waals surface area (Å²) in [4.78, 5) is 3.22. The average molecular weight is 278 g/mol. The number of rotatable bonds is 1. The standard InChI is InChI=1S/C14H17BClNO2/c1-13(2)14(3,4)19-15(18-13)11-10(16)6-5-9-7-8-17-12(9)11/h5-8,17H,1-4H3. The lowest BCUT2D eigenvalue weighted by atomic mass is 9.78. The Kier molecular flexibility index (Phi) is 2.75. The largest absolute Gasteiger partial charge is 0.498 e. The highest BCUT2D eigenvalue weighted by Crippen LogP contribution is 2.37. The summed E-state index contributed by atoms with van der Waals surface area (Å²) in [5, 5.41) is 1.77. The Hall–Kier alpha value is -0.965. The highest BCUT2D eigenvalue weighted by atomic mass is 35.5. The maximum absolute atomic E-state index is 6.35. The molecule has 3 rings (SSSR count). The van der Waals surface area contributed by atoms with Crippen molar-refractivity contribution in [1.29, 1.82) is 0 Å². The molecule has 2 aromatic rings. The molecule has 5 heteroatoms. The van der Waals surface area contributed by atoms with Crippen LogP contribution in [0.25, 0.3) is 10.9 Å². The predicted octanol–water partition coefficient (Wildman–Crippen LogP) is 3.12. The minimum absolute atomic E-state index is 0.365. The van der Waals surface area contributed by atoms with Crippen LogP contribution in [0.2, 0.25) is 5.02 Å². The maximum Gasteiger partial charge on any atom is 0.498 e. The normalized spacial score (nSPS) is 21.2. The molecule has 1 aliphatic heterocycles. The minimum atomic E-state index is -0.445. The van der Waals surface area contributed by atoms with Crippen LogP contribution in [0.15, 0.2) is 24.4 Å². The summed E-state index contributed by atoms with van der Waals surface area (Å²) in [7, 11) is -0.445. The van der Waals surface area contributed by atoms with Crippen molar-refractivity contribution in [2.45, 2.75) is 38.9 Å². The van der Waals surface area contributed by atoms with Crippen molar-refractivity contribution in [2.75, 3.05) is 0 Å². The first kappa shape index (κ1) is 13.0. The van der Waals surface area contributed by atoms with Crippen LogP contribution in [-0.2, 0) is 9.31 Å². The number of hydrogen-bond acceptors (Lipinski definition) is 2. The second kappa shape index (κ2) is 4.01. The van der Waals surface area contributed by atoms with E-state index in [1.54, 1.807) is 0 Å². The third-order valence-electron chi connectivity index (χ3n) is 4.20. The van der Waals surface area contributed by atoms with Crippen LogP contribution in [0.4, 0.5) is 0 Å². The molecular formula is C14H17BClNO2. The Morgan fingerprint density at radius 3 is 2.32 bits per heavy atom. The Balaban J connectivity index is 2.12. The lowest BCUT2D eigenvalue weighted by Gasteiger charge is -2.32. The van der Waals surface area contributed by atoms with Crippen LogP contribution in [0.3, 0.4) is 0 Å². The molecule has 0 bridgehead atoms. The first-order valence-corrected chi connectivity index (χ1v) is 6.81. The van der Waals surface area contributed by atoms with Crippen molar-refractivity contribution in [3.05, 3.63) is 29.4 Å². The number of benzene rings is 1. The third-order valence-corrected chi connectivity index (χ3v) is 4.53. The molecule has 2 heterocycles. The van der Waals surface area contributed by atoms with Gasteiger partial charge in [0, 0.05) is 22.2 Å². The van der Waals surface area contributed by atoms with Gasteiger partial charge in [0.1, 0.15) is 0 Å². The fourth-order valence-electron chi connectivity index (χ4n) is 2.32. The second-order valence-electron chi connectivity index (χ2n) is 5.99. The van der Waals surface area contributed by atoms with E-state index in [0.29, 0.717) is 5.02 Å². The molecule has 1 aromatic carbocycles.